The quantitative estimate of drug-likeness (QED) is 0.442. The Balaban J connectivity index is 1.70. The van der Waals surface area contributed by atoms with Gasteiger partial charge in [0.25, 0.3) is 0 Å². The molecule has 0 saturated carbocycles. The minimum absolute atomic E-state index is 0.00108. The van der Waals surface area contributed by atoms with Crippen molar-refractivity contribution in [3.05, 3.63) is 30.3 Å². The molecule has 3 amide bonds. The largest absolute Gasteiger partial charge is 0.396 e. The standard InChI is InChI=1S/C27H39N3O5/c1-5-11-18(3)28-24(33)22-27-16-17(2)26(4,35-27)20(23(32)29-19-12-7-6-8-13-19)21(27)25(34)30(22)14-9-10-15-31/h6-8,12-13,17-18,20-22,31H,5,9-11,14-16H2,1-4H3,(H,28,33)(H,29,32)/t17?,18?,20-,21+,22?,26+,27?/m1/s1. The fourth-order valence-corrected chi connectivity index (χ4v) is 6.64. The number of carbonyl (C=O) groups excluding carboxylic acids is 3. The molecule has 4 unspecified atom stereocenters. The maximum absolute atomic E-state index is 13.9. The number of hydrogen-bond donors (Lipinski definition) is 3. The third-order valence-corrected chi connectivity index (χ3v) is 8.30. The Morgan fingerprint density at radius 2 is 1.94 bits per heavy atom. The second-order valence-corrected chi connectivity index (χ2v) is 10.7. The molecule has 8 nitrogen and oxygen atoms in total. The van der Waals surface area contributed by atoms with Crippen LogP contribution in [0, 0.1) is 17.8 Å². The van der Waals surface area contributed by atoms with Crippen molar-refractivity contribution in [3.8, 4) is 0 Å². The van der Waals surface area contributed by atoms with E-state index in [1.54, 1.807) is 4.90 Å². The zero-order chi connectivity index (χ0) is 25.4. The highest BCUT2D eigenvalue weighted by atomic mass is 16.5. The summed E-state index contributed by atoms with van der Waals surface area (Å²) in [5.41, 5.74) is -1.22. The first kappa shape index (κ1) is 25.6. The van der Waals surface area contributed by atoms with Gasteiger partial charge >= 0.3 is 0 Å². The van der Waals surface area contributed by atoms with Crippen LogP contribution in [0.4, 0.5) is 5.69 Å². The molecule has 1 aromatic carbocycles. The Morgan fingerprint density at radius 3 is 2.60 bits per heavy atom. The molecule has 1 aromatic rings. The summed E-state index contributed by atoms with van der Waals surface area (Å²) in [4.78, 5) is 42.9. The highest BCUT2D eigenvalue weighted by Crippen LogP contribution is 2.65. The van der Waals surface area contributed by atoms with E-state index in [1.165, 1.54) is 0 Å². The summed E-state index contributed by atoms with van der Waals surface area (Å²) in [5.74, 6) is -2.09. The normalized spacial score (nSPS) is 34.1. The van der Waals surface area contributed by atoms with Crippen molar-refractivity contribution in [2.45, 2.75) is 83.1 Å². The minimum atomic E-state index is -1.04. The summed E-state index contributed by atoms with van der Waals surface area (Å²) in [7, 11) is 0. The van der Waals surface area contributed by atoms with E-state index in [0.29, 0.717) is 31.5 Å². The van der Waals surface area contributed by atoms with Gasteiger partial charge in [0.2, 0.25) is 17.7 Å². The third kappa shape index (κ3) is 4.25. The molecular weight excluding hydrogens is 446 g/mol. The van der Waals surface area contributed by atoms with E-state index in [0.717, 1.165) is 12.8 Å². The summed E-state index contributed by atoms with van der Waals surface area (Å²) in [6, 6.07) is 8.38. The van der Waals surface area contributed by atoms with Gasteiger partial charge < -0.3 is 25.4 Å². The van der Waals surface area contributed by atoms with Gasteiger partial charge in [0.05, 0.1) is 17.4 Å². The third-order valence-electron chi connectivity index (χ3n) is 8.30. The predicted octanol–water partition coefficient (Wildman–Crippen LogP) is 2.71. The Labute approximate surface area is 207 Å². The van der Waals surface area contributed by atoms with Crippen molar-refractivity contribution < 1.29 is 24.2 Å². The van der Waals surface area contributed by atoms with Crippen molar-refractivity contribution >= 4 is 23.4 Å². The highest BCUT2D eigenvalue weighted by molar-refractivity contribution is 6.02. The van der Waals surface area contributed by atoms with E-state index in [-0.39, 0.29) is 36.3 Å². The number of aliphatic hydroxyl groups excluding tert-OH is 1. The first-order chi connectivity index (χ1) is 16.7. The van der Waals surface area contributed by atoms with Gasteiger partial charge in [0, 0.05) is 24.9 Å². The Morgan fingerprint density at radius 1 is 1.23 bits per heavy atom. The molecule has 0 aromatic heterocycles. The molecule has 3 aliphatic heterocycles. The fraction of sp³-hybridized carbons (Fsp3) is 0.667. The van der Waals surface area contributed by atoms with E-state index >= 15 is 0 Å². The number of nitrogens with one attached hydrogen (secondary N) is 2. The number of hydrogen-bond acceptors (Lipinski definition) is 5. The number of nitrogens with zero attached hydrogens (tertiary/aromatic N) is 1. The lowest BCUT2D eigenvalue weighted by Gasteiger charge is -2.36. The van der Waals surface area contributed by atoms with Crippen molar-refractivity contribution in [2.75, 3.05) is 18.5 Å². The molecule has 8 heteroatoms. The van der Waals surface area contributed by atoms with E-state index < -0.39 is 29.1 Å². The molecule has 2 bridgehead atoms. The SMILES string of the molecule is CCCC(C)NC(=O)C1N(CCCCO)C(=O)[C@@H]2[C@H](C(=O)Nc3ccccc3)[C@@]3(C)OC12CC3C. The molecule has 4 rings (SSSR count). The highest BCUT2D eigenvalue weighted by Gasteiger charge is 2.79. The van der Waals surface area contributed by atoms with Crippen LogP contribution in [0.2, 0.25) is 0 Å². The summed E-state index contributed by atoms with van der Waals surface area (Å²) >= 11 is 0. The number of rotatable bonds is 10. The van der Waals surface area contributed by atoms with E-state index in [1.807, 2.05) is 51.1 Å². The Hall–Kier alpha value is -2.45. The number of benzene rings is 1. The molecule has 0 aliphatic carbocycles. The summed E-state index contributed by atoms with van der Waals surface area (Å²) in [6.07, 6.45) is 3.44. The lowest BCUT2D eigenvalue weighted by molar-refractivity contribution is -0.146. The van der Waals surface area contributed by atoms with Crippen molar-refractivity contribution in [2.24, 2.45) is 17.8 Å². The molecule has 3 aliphatic rings. The average molecular weight is 486 g/mol. The maximum atomic E-state index is 13.9. The monoisotopic (exact) mass is 485 g/mol. The second-order valence-electron chi connectivity index (χ2n) is 10.7. The molecule has 35 heavy (non-hydrogen) atoms. The smallest absolute Gasteiger partial charge is 0.246 e. The number of unbranched alkanes of at least 4 members (excludes halogenated alkanes) is 1. The van der Waals surface area contributed by atoms with Crippen LogP contribution >= 0.6 is 0 Å². The van der Waals surface area contributed by atoms with Crippen LogP contribution in [0.1, 0.15) is 59.8 Å². The van der Waals surface area contributed by atoms with Gasteiger partial charge in [-0.15, -0.1) is 0 Å². The maximum Gasteiger partial charge on any atom is 0.246 e. The van der Waals surface area contributed by atoms with Gasteiger partial charge in [-0.2, -0.15) is 0 Å². The molecule has 3 heterocycles. The number of fused-ring (bicyclic) bond motifs is 1. The van der Waals surface area contributed by atoms with Gasteiger partial charge in [-0.3, -0.25) is 14.4 Å². The van der Waals surface area contributed by atoms with Crippen LogP contribution in [-0.4, -0.2) is 64.2 Å². The van der Waals surface area contributed by atoms with Crippen LogP contribution in [-0.2, 0) is 19.1 Å². The lowest BCUT2D eigenvalue weighted by Crippen LogP contribution is -2.57. The van der Waals surface area contributed by atoms with Gasteiger partial charge in [0.1, 0.15) is 11.6 Å². The van der Waals surface area contributed by atoms with Gasteiger partial charge in [-0.1, -0.05) is 38.5 Å². The number of para-hydroxylation sites is 1. The van der Waals surface area contributed by atoms with E-state index in [4.69, 9.17) is 4.74 Å². The molecule has 0 radical (unpaired) electrons. The van der Waals surface area contributed by atoms with Crippen molar-refractivity contribution in [1.82, 2.24) is 10.2 Å². The second kappa shape index (κ2) is 9.90. The van der Waals surface area contributed by atoms with Crippen LogP contribution in [0.5, 0.6) is 0 Å². The van der Waals surface area contributed by atoms with Crippen LogP contribution in [0.3, 0.4) is 0 Å². The minimum Gasteiger partial charge on any atom is -0.396 e. The summed E-state index contributed by atoms with van der Waals surface area (Å²) in [6.45, 7) is 8.36. The lowest BCUT2D eigenvalue weighted by atomic mass is 9.62. The molecule has 1 spiro atoms. The van der Waals surface area contributed by atoms with Crippen molar-refractivity contribution in [1.29, 1.82) is 0 Å². The first-order valence-corrected chi connectivity index (χ1v) is 13.0. The zero-order valence-corrected chi connectivity index (χ0v) is 21.3. The summed E-state index contributed by atoms with van der Waals surface area (Å²) in [5, 5.41) is 15.4. The average Bonchev–Trinajstić information content (AvgIpc) is 3.31. The van der Waals surface area contributed by atoms with Crippen molar-refractivity contribution in [3.63, 3.8) is 0 Å². The van der Waals surface area contributed by atoms with Crippen LogP contribution < -0.4 is 10.6 Å². The number of aliphatic hydroxyl groups is 1. The molecule has 3 saturated heterocycles. The number of ether oxygens (including phenoxy) is 1. The molecular formula is C27H39N3O5. The Bertz CT molecular complexity index is 955. The Kier molecular flexibility index (Phi) is 7.25. The van der Waals surface area contributed by atoms with Crippen LogP contribution in [0.15, 0.2) is 30.3 Å². The number of amides is 3. The molecule has 3 fully saturated rings. The fourth-order valence-electron chi connectivity index (χ4n) is 6.64. The van der Waals surface area contributed by atoms with Gasteiger partial charge in [-0.25, -0.2) is 0 Å². The topological polar surface area (TPSA) is 108 Å². The summed E-state index contributed by atoms with van der Waals surface area (Å²) < 4.78 is 6.70. The number of carbonyl (C=O) groups is 3. The molecule has 192 valence electrons. The van der Waals surface area contributed by atoms with Gasteiger partial charge in [0.15, 0.2) is 0 Å². The van der Waals surface area contributed by atoms with Crippen LogP contribution in [0.25, 0.3) is 0 Å². The molecule has 3 N–H and O–H groups in total. The van der Waals surface area contributed by atoms with E-state index in [2.05, 4.69) is 17.6 Å². The number of anilines is 1. The first-order valence-electron chi connectivity index (χ1n) is 13.0. The van der Waals surface area contributed by atoms with Gasteiger partial charge in [-0.05, 0) is 57.6 Å². The van der Waals surface area contributed by atoms with E-state index in [9.17, 15) is 19.5 Å². The molecule has 7 atom stereocenters. The zero-order valence-electron chi connectivity index (χ0n) is 21.3. The number of likely N-dealkylation sites (tertiary alicyclic amines) is 1. The predicted molar refractivity (Wildman–Crippen MR) is 132 cm³/mol.